The maximum absolute atomic E-state index is 12.7. The highest BCUT2D eigenvalue weighted by Gasteiger charge is 2.05. The molecule has 1 aromatic carbocycles. The van der Waals surface area contributed by atoms with Crippen molar-refractivity contribution in [3.8, 4) is 0 Å². The van der Waals surface area contributed by atoms with Gasteiger partial charge in [0.2, 0.25) is 0 Å². The third kappa shape index (κ3) is 2.95. The van der Waals surface area contributed by atoms with Gasteiger partial charge < -0.3 is 4.74 Å². The zero-order valence-electron chi connectivity index (χ0n) is 7.42. The van der Waals surface area contributed by atoms with Gasteiger partial charge in [0, 0.05) is 12.2 Å². The highest BCUT2D eigenvalue weighted by atomic mass is 19.1. The Balaban J connectivity index is 2.66. The minimum absolute atomic E-state index is 0.0138. The minimum Gasteiger partial charge on any atom is -0.374 e. The lowest BCUT2D eigenvalue weighted by atomic mass is 10.1. The van der Waals surface area contributed by atoms with Crippen molar-refractivity contribution in [2.24, 2.45) is 0 Å². The molecule has 3 heteroatoms. The quantitative estimate of drug-likeness (QED) is 0.666. The van der Waals surface area contributed by atoms with Gasteiger partial charge in [-0.25, -0.2) is 4.39 Å². The predicted octanol–water partition coefficient (Wildman–Crippen LogP) is 2.04. The molecular weight excluding hydrogens is 171 g/mol. The Kier molecular flexibility index (Phi) is 3.58. The van der Waals surface area contributed by atoms with Crippen LogP contribution in [0.1, 0.15) is 17.3 Å². The normalized spacial score (nSPS) is 10.0. The fourth-order valence-electron chi connectivity index (χ4n) is 0.940. The summed E-state index contributed by atoms with van der Waals surface area (Å²) >= 11 is 0. The summed E-state index contributed by atoms with van der Waals surface area (Å²) in [5, 5.41) is 0. The lowest BCUT2D eigenvalue weighted by Gasteiger charge is -2.00. The molecule has 0 aliphatic carbocycles. The molecule has 1 aromatic rings. The zero-order chi connectivity index (χ0) is 9.68. The summed E-state index contributed by atoms with van der Waals surface area (Å²) in [6.45, 7) is 2.31. The van der Waals surface area contributed by atoms with E-state index in [0.717, 1.165) is 0 Å². The van der Waals surface area contributed by atoms with Gasteiger partial charge >= 0.3 is 0 Å². The number of ketones is 1. The lowest BCUT2D eigenvalue weighted by molar-refractivity contribution is 0.0783. The summed E-state index contributed by atoms with van der Waals surface area (Å²) in [6.07, 6.45) is 0. The van der Waals surface area contributed by atoms with E-state index in [-0.39, 0.29) is 12.4 Å². The van der Waals surface area contributed by atoms with Crippen LogP contribution in [-0.4, -0.2) is 19.0 Å². The van der Waals surface area contributed by atoms with Crippen LogP contribution < -0.4 is 0 Å². The van der Waals surface area contributed by atoms with Crippen LogP contribution in [0.5, 0.6) is 0 Å². The first-order chi connectivity index (χ1) is 6.24. The Morgan fingerprint density at radius 3 is 2.92 bits per heavy atom. The molecule has 0 heterocycles. The third-order valence-corrected chi connectivity index (χ3v) is 1.58. The Morgan fingerprint density at radius 2 is 2.31 bits per heavy atom. The molecule has 70 valence electrons. The molecule has 0 unspecified atom stereocenters. The third-order valence-electron chi connectivity index (χ3n) is 1.58. The van der Waals surface area contributed by atoms with Gasteiger partial charge in [0.15, 0.2) is 5.78 Å². The summed E-state index contributed by atoms with van der Waals surface area (Å²) in [5.41, 5.74) is 0.355. The van der Waals surface area contributed by atoms with Crippen molar-refractivity contribution >= 4 is 5.78 Å². The molecule has 0 bridgehead atoms. The van der Waals surface area contributed by atoms with E-state index in [1.54, 1.807) is 13.0 Å². The highest BCUT2D eigenvalue weighted by molar-refractivity contribution is 5.97. The number of benzene rings is 1. The number of carbonyl (C=O) groups is 1. The number of ether oxygens (including phenoxy) is 1. The molecule has 0 aliphatic heterocycles. The van der Waals surface area contributed by atoms with Gasteiger partial charge in [0.1, 0.15) is 12.4 Å². The van der Waals surface area contributed by atoms with Crippen molar-refractivity contribution in [2.75, 3.05) is 13.2 Å². The van der Waals surface area contributed by atoms with Crippen LogP contribution in [0.4, 0.5) is 4.39 Å². The largest absolute Gasteiger partial charge is 0.374 e. The van der Waals surface area contributed by atoms with Crippen molar-refractivity contribution in [1.82, 2.24) is 0 Å². The first-order valence-corrected chi connectivity index (χ1v) is 4.10. The zero-order valence-corrected chi connectivity index (χ0v) is 7.42. The highest BCUT2D eigenvalue weighted by Crippen LogP contribution is 2.04. The van der Waals surface area contributed by atoms with Crippen molar-refractivity contribution in [3.05, 3.63) is 35.6 Å². The predicted molar refractivity (Wildman–Crippen MR) is 47.2 cm³/mol. The number of rotatable bonds is 4. The van der Waals surface area contributed by atoms with E-state index in [1.807, 2.05) is 0 Å². The number of Topliss-reactive ketones (excluding diaryl/α,β-unsaturated/α-hetero) is 1. The van der Waals surface area contributed by atoms with Crippen LogP contribution >= 0.6 is 0 Å². The second kappa shape index (κ2) is 4.72. The monoisotopic (exact) mass is 182 g/mol. The van der Waals surface area contributed by atoms with Crippen LogP contribution in [-0.2, 0) is 4.74 Å². The maximum atomic E-state index is 12.7. The molecule has 0 spiro atoms. The standard InChI is InChI=1S/C10H11FO2/c1-2-13-7-10(12)8-4-3-5-9(11)6-8/h3-6H,2,7H2,1H3. The van der Waals surface area contributed by atoms with Gasteiger partial charge in [-0.2, -0.15) is 0 Å². The smallest absolute Gasteiger partial charge is 0.188 e. The van der Waals surface area contributed by atoms with Crippen molar-refractivity contribution in [3.63, 3.8) is 0 Å². The van der Waals surface area contributed by atoms with E-state index in [9.17, 15) is 9.18 Å². The fourth-order valence-corrected chi connectivity index (χ4v) is 0.940. The molecular formula is C10H11FO2. The summed E-state index contributed by atoms with van der Waals surface area (Å²) < 4.78 is 17.6. The number of carbonyl (C=O) groups excluding carboxylic acids is 1. The Hall–Kier alpha value is -1.22. The first-order valence-electron chi connectivity index (χ1n) is 4.10. The van der Waals surface area contributed by atoms with Gasteiger partial charge in [-0.1, -0.05) is 12.1 Å². The molecule has 13 heavy (non-hydrogen) atoms. The molecule has 0 atom stereocenters. The van der Waals surface area contributed by atoms with E-state index in [0.29, 0.717) is 12.2 Å². The van der Waals surface area contributed by atoms with Gasteiger partial charge in [-0.3, -0.25) is 4.79 Å². The second-order valence-electron chi connectivity index (χ2n) is 2.57. The SMILES string of the molecule is CCOCC(=O)c1cccc(F)c1. The van der Waals surface area contributed by atoms with Crippen LogP contribution in [0.2, 0.25) is 0 Å². The topological polar surface area (TPSA) is 26.3 Å². The van der Waals surface area contributed by atoms with Crippen molar-refractivity contribution in [2.45, 2.75) is 6.92 Å². The Morgan fingerprint density at radius 1 is 1.54 bits per heavy atom. The summed E-state index contributed by atoms with van der Waals surface area (Å²) in [5.74, 6) is -0.594. The van der Waals surface area contributed by atoms with E-state index in [1.165, 1.54) is 18.2 Å². The lowest BCUT2D eigenvalue weighted by Crippen LogP contribution is -2.08. The average Bonchev–Trinajstić information content (AvgIpc) is 2.14. The van der Waals surface area contributed by atoms with E-state index in [4.69, 9.17) is 4.74 Å². The second-order valence-corrected chi connectivity index (χ2v) is 2.57. The molecule has 0 fully saturated rings. The van der Waals surface area contributed by atoms with Gasteiger partial charge in [0.25, 0.3) is 0 Å². The molecule has 0 amide bonds. The summed E-state index contributed by atoms with van der Waals surface area (Å²) in [7, 11) is 0. The van der Waals surface area contributed by atoms with Crippen LogP contribution in [0, 0.1) is 5.82 Å². The van der Waals surface area contributed by atoms with Crippen LogP contribution in [0.25, 0.3) is 0 Å². The average molecular weight is 182 g/mol. The molecule has 0 aliphatic rings. The van der Waals surface area contributed by atoms with Crippen LogP contribution in [0.3, 0.4) is 0 Å². The van der Waals surface area contributed by atoms with Gasteiger partial charge in [-0.05, 0) is 19.1 Å². The minimum atomic E-state index is -0.401. The molecule has 0 N–H and O–H groups in total. The Labute approximate surface area is 76.3 Å². The van der Waals surface area contributed by atoms with Gasteiger partial charge in [0.05, 0.1) is 0 Å². The van der Waals surface area contributed by atoms with Crippen molar-refractivity contribution < 1.29 is 13.9 Å². The molecule has 2 nitrogen and oxygen atoms in total. The van der Waals surface area contributed by atoms with E-state index < -0.39 is 5.82 Å². The molecule has 0 saturated carbocycles. The number of hydrogen-bond donors (Lipinski definition) is 0. The molecule has 1 rings (SSSR count). The number of hydrogen-bond acceptors (Lipinski definition) is 2. The van der Waals surface area contributed by atoms with Crippen molar-refractivity contribution in [1.29, 1.82) is 0 Å². The fraction of sp³-hybridized carbons (Fsp3) is 0.300. The molecule has 0 aromatic heterocycles. The van der Waals surface area contributed by atoms with E-state index >= 15 is 0 Å². The summed E-state index contributed by atoms with van der Waals surface area (Å²) in [6, 6.07) is 5.59. The molecule has 0 radical (unpaired) electrons. The first kappa shape index (κ1) is 9.86. The number of halogens is 1. The van der Waals surface area contributed by atoms with Crippen LogP contribution in [0.15, 0.2) is 24.3 Å². The molecule has 0 saturated heterocycles. The Bertz CT molecular complexity index is 297. The van der Waals surface area contributed by atoms with E-state index in [2.05, 4.69) is 0 Å². The maximum Gasteiger partial charge on any atom is 0.188 e. The summed E-state index contributed by atoms with van der Waals surface area (Å²) in [4.78, 5) is 11.3. The van der Waals surface area contributed by atoms with Gasteiger partial charge in [-0.15, -0.1) is 0 Å².